The number of urea groups is 1. The molecule has 3 aromatic rings. The molecule has 8 heteroatoms. The molecule has 0 atom stereocenters. The van der Waals surface area contributed by atoms with Gasteiger partial charge in [0.15, 0.2) is 5.82 Å². The largest absolute Gasteiger partial charge is 0.325 e. The number of hydrogen-bond acceptors (Lipinski definition) is 5. The maximum Gasteiger partial charge on any atom is 0.325 e. The van der Waals surface area contributed by atoms with Crippen LogP contribution in [0.4, 0.5) is 10.6 Å². The van der Waals surface area contributed by atoms with Crippen molar-refractivity contribution >= 4 is 11.8 Å². The Kier molecular flexibility index (Phi) is 5.01. The molecule has 0 unspecified atom stereocenters. The number of carbonyl (C=O) groups is 1. The zero-order valence-corrected chi connectivity index (χ0v) is 16.1. The van der Waals surface area contributed by atoms with Gasteiger partial charge in [-0.05, 0) is 44.0 Å². The zero-order chi connectivity index (χ0) is 19.5. The lowest BCUT2D eigenvalue weighted by atomic mass is 10.2. The monoisotopic (exact) mass is 377 g/mol. The van der Waals surface area contributed by atoms with Crippen LogP contribution in [0.15, 0.2) is 49.1 Å². The van der Waals surface area contributed by atoms with Crippen molar-refractivity contribution in [2.75, 3.05) is 24.5 Å². The smallest absolute Gasteiger partial charge is 0.322 e. The molecule has 1 fully saturated rings. The predicted molar refractivity (Wildman–Crippen MR) is 106 cm³/mol. The lowest BCUT2D eigenvalue weighted by molar-refractivity contribution is 0.221. The minimum absolute atomic E-state index is 0.0149. The Labute approximate surface area is 163 Å². The molecule has 28 heavy (non-hydrogen) atoms. The van der Waals surface area contributed by atoms with Gasteiger partial charge in [-0.2, -0.15) is 0 Å². The van der Waals surface area contributed by atoms with Crippen LogP contribution in [0.25, 0.3) is 11.5 Å². The maximum absolute atomic E-state index is 12.9. The Morgan fingerprint density at radius 1 is 1.14 bits per heavy atom. The van der Waals surface area contributed by atoms with E-state index in [1.165, 1.54) is 0 Å². The highest BCUT2D eigenvalue weighted by Crippen LogP contribution is 2.23. The lowest BCUT2D eigenvalue weighted by Gasteiger charge is -2.18. The third-order valence-corrected chi connectivity index (χ3v) is 4.86. The van der Waals surface area contributed by atoms with Gasteiger partial charge in [0, 0.05) is 38.1 Å². The van der Waals surface area contributed by atoms with Crippen LogP contribution in [-0.4, -0.2) is 55.3 Å². The van der Waals surface area contributed by atoms with Gasteiger partial charge in [0.1, 0.15) is 17.8 Å². The molecule has 1 saturated heterocycles. The molecular weight excluding hydrogens is 354 g/mol. The van der Waals surface area contributed by atoms with E-state index in [1.54, 1.807) is 17.4 Å². The summed E-state index contributed by atoms with van der Waals surface area (Å²) in [5.41, 5.74) is 1.84. The molecule has 4 heterocycles. The van der Waals surface area contributed by atoms with Gasteiger partial charge in [-0.25, -0.2) is 9.78 Å². The van der Waals surface area contributed by atoms with Crippen molar-refractivity contribution in [2.45, 2.75) is 26.3 Å². The summed E-state index contributed by atoms with van der Waals surface area (Å²) in [6.45, 7) is 6.12. The van der Waals surface area contributed by atoms with Crippen molar-refractivity contribution in [3.05, 3.63) is 54.6 Å². The van der Waals surface area contributed by atoms with Crippen molar-refractivity contribution in [3.8, 4) is 11.5 Å². The lowest BCUT2D eigenvalue weighted by Crippen LogP contribution is -2.33. The summed E-state index contributed by atoms with van der Waals surface area (Å²) in [7, 11) is 0. The van der Waals surface area contributed by atoms with E-state index in [0.717, 1.165) is 12.0 Å². The Balaban J connectivity index is 1.49. The van der Waals surface area contributed by atoms with Crippen LogP contribution < -0.4 is 4.90 Å². The van der Waals surface area contributed by atoms with Gasteiger partial charge >= 0.3 is 6.03 Å². The Morgan fingerprint density at radius 2 is 2.04 bits per heavy atom. The minimum atomic E-state index is -0.0149. The molecule has 3 aromatic heterocycles. The molecule has 0 saturated carbocycles. The highest BCUT2D eigenvalue weighted by Gasteiger charge is 2.30. The molecule has 144 valence electrons. The van der Waals surface area contributed by atoms with Crippen molar-refractivity contribution in [3.63, 3.8) is 0 Å². The van der Waals surface area contributed by atoms with Gasteiger partial charge in [0.2, 0.25) is 0 Å². The molecule has 4 rings (SSSR count). The minimum Gasteiger partial charge on any atom is -0.322 e. The topological polar surface area (TPSA) is 80.0 Å². The summed E-state index contributed by atoms with van der Waals surface area (Å²) in [5.74, 6) is 1.35. The Hall–Kier alpha value is -3.29. The second-order valence-corrected chi connectivity index (χ2v) is 7.07. The Morgan fingerprint density at radius 3 is 2.82 bits per heavy atom. The van der Waals surface area contributed by atoms with E-state index in [4.69, 9.17) is 0 Å². The van der Waals surface area contributed by atoms with E-state index >= 15 is 0 Å². The van der Waals surface area contributed by atoms with E-state index in [9.17, 15) is 4.79 Å². The highest BCUT2D eigenvalue weighted by atomic mass is 16.2. The highest BCUT2D eigenvalue weighted by molar-refractivity contribution is 5.93. The van der Waals surface area contributed by atoms with Crippen LogP contribution >= 0.6 is 0 Å². The SMILES string of the molecule is CC(C)n1cnnc1-c1cccc(N2CCN(CCc3cccnc3)C2=O)n1. The molecule has 1 aliphatic rings. The van der Waals surface area contributed by atoms with E-state index in [2.05, 4.69) is 34.0 Å². The summed E-state index contributed by atoms with van der Waals surface area (Å²) in [5, 5.41) is 8.21. The van der Waals surface area contributed by atoms with Gasteiger partial charge in [-0.15, -0.1) is 10.2 Å². The van der Waals surface area contributed by atoms with Gasteiger partial charge < -0.3 is 9.47 Å². The van der Waals surface area contributed by atoms with Crippen LogP contribution in [0.3, 0.4) is 0 Å². The first kappa shape index (κ1) is 18.1. The molecule has 0 spiro atoms. The number of nitrogens with zero attached hydrogens (tertiary/aromatic N) is 7. The first-order chi connectivity index (χ1) is 13.6. The molecule has 2 amide bonds. The number of anilines is 1. The van der Waals surface area contributed by atoms with Gasteiger partial charge in [0.25, 0.3) is 0 Å². The fraction of sp³-hybridized carbons (Fsp3) is 0.350. The molecule has 8 nitrogen and oxygen atoms in total. The first-order valence-electron chi connectivity index (χ1n) is 9.46. The van der Waals surface area contributed by atoms with Gasteiger partial charge in [-0.1, -0.05) is 12.1 Å². The summed E-state index contributed by atoms with van der Waals surface area (Å²) >= 11 is 0. The standard InChI is InChI=1S/C20H23N7O/c1-15(2)27-14-22-24-19(27)17-6-3-7-18(23-17)26-12-11-25(20(26)28)10-8-16-5-4-9-21-13-16/h3-7,9,13-15H,8,10-12H2,1-2H3. The van der Waals surface area contributed by atoms with Crippen molar-refractivity contribution < 1.29 is 4.79 Å². The van der Waals surface area contributed by atoms with Crippen molar-refractivity contribution in [1.82, 2.24) is 29.6 Å². The van der Waals surface area contributed by atoms with E-state index < -0.39 is 0 Å². The summed E-state index contributed by atoms with van der Waals surface area (Å²) in [4.78, 5) is 25.3. The number of carbonyl (C=O) groups excluding carboxylic acids is 1. The maximum atomic E-state index is 12.9. The van der Waals surface area contributed by atoms with E-state index in [-0.39, 0.29) is 12.1 Å². The molecule has 0 radical (unpaired) electrons. The van der Waals surface area contributed by atoms with Crippen LogP contribution in [0.2, 0.25) is 0 Å². The molecule has 0 aromatic carbocycles. The average molecular weight is 377 g/mol. The summed E-state index contributed by atoms with van der Waals surface area (Å²) in [6.07, 6.45) is 6.09. The van der Waals surface area contributed by atoms with Crippen LogP contribution in [0.5, 0.6) is 0 Å². The number of pyridine rings is 2. The van der Waals surface area contributed by atoms with Crippen LogP contribution in [0.1, 0.15) is 25.5 Å². The predicted octanol–water partition coefficient (Wildman–Crippen LogP) is 2.80. The van der Waals surface area contributed by atoms with Gasteiger partial charge in [0.05, 0.1) is 0 Å². The number of hydrogen-bond donors (Lipinski definition) is 0. The third-order valence-electron chi connectivity index (χ3n) is 4.86. The fourth-order valence-corrected chi connectivity index (χ4v) is 3.31. The fourth-order valence-electron chi connectivity index (χ4n) is 3.31. The van der Waals surface area contributed by atoms with Crippen LogP contribution in [0, 0.1) is 0 Å². The zero-order valence-electron chi connectivity index (χ0n) is 16.1. The van der Waals surface area contributed by atoms with Gasteiger partial charge in [-0.3, -0.25) is 9.88 Å². The molecule has 0 N–H and O–H groups in total. The molecule has 0 aliphatic carbocycles. The quantitative estimate of drug-likeness (QED) is 0.660. The Bertz CT molecular complexity index is 954. The van der Waals surface area contributed by atoms with E-state index in [1.807, 2.05) is 46.0 Å². The van der Waals surface area contributed by atoms with E-state index in [0.29, 0.717) is 37.0 Å². The number of aromatic nitrogens is 5. The third kappa shape index (κ3) is 3.58. The average Bonchev–Trinajstić information content (AvgIpc) is 3.34. The second-order valence-electron chi connectivity index (χ2n) is 7.07. The van der Waals surface area contributed by atoms with Crippen molar-refractivity contribution in [1.29, 1.82) is 0 Å². The summed E-state index contributed by atoms with van der Waals surface area (Å²) < 4.78 is 1.97. The molecular formula is C20H23N7O. The molecule has 0 bridgehead atoms. The summed E-state index contributed by atoms with van der Waals surface area (Å²) in [6, 6.07) is 9.82. The number of amides is 2. The first-order valence-corrected chi connectivity index (χ1v) is 9.46. The van der Waals surface area contributed by atoms with Crippen LogP contribution in [-0.2, 0) is 6.42 Å². The second kappa shape index (κ2) is 7.75. The normalized spacial score (nSPS) is 14.3. The van der Waals surface area contributed by atoms with Crippen molar-refractivity contribution in [2.24, 2.45) is 0 Å². The number of rotatable bonds is 6. The molecule has 1 aliphatic heterocycles.